The molecule has 1 rings (SSSR count). The van der Waals surface area contributed by atoms with Gasteiger partial charge in [0.15, 0.2) is 6.29 Å². The summed E-state index contributed by atoms with van der Waals surface area (Å²) in [6.45, 7) is 2.09. The van der Waals surface area contributed by atoms with E-state index in [1.54, 1.807) is 7.11 Å². The molecule has 1 aliphatic heterocycles. The highest BCUT2D eigenvalue weighted by Gasteiger charge is 2.09. The number of hydrogen-bond acceptors (Lipinski definition) is 3. The molecule has 1 fully saturated rings. The van der Waals surface area contributed by atoms with Crippen molar-refractivity contribution < 1.29 is 14.2 Å². The van der Waals surface area contributed by atoms with E-state index in [1.165, 1.54) is 0 Å². The van der Waals surface area contributed by atoms with E-state index in [0.29, 0.717) is 13.2 Å². The standard InChI is InChI=1S/C6H12O3/c1-7-6-2-3-8-4-5-9-6/h6H,2-5H2,1H3. The second-order valence-electron chi connectivity index (χ2n) is 1.94. The van der Waals surface area contributed by atoms with Crippen LogP contribution >= 0.6 is 0 Å². The summed E-state index contributed by atoms with van der Waals surface area (Å²) in [4.78, 5) is 0. The molecular weight excluding hydrogens is 120 g/mol. The molecule has 3 heteroatoms. The first-order valence-corrected chi connectivity index (χ1v) is 3.15. The summed E-state index contributed by atoms with van der Waals surface area (Å²) in [5.41, 5.74) is 0. The molecule has 0 aliphatic carbocycles. The molecule has 0 amide bonds. The second-order valence-corrected chi connectivity index (χ2v) is 1.94. The molecular formula is C6H12O3. The molecule has 0 bridgehead atoms. The van der Waals surface area contributed by atoms with Crippen molar-refractivity contribution in [3.8, 4) is 0 Å². The Morgan fingerprint density at radius 2 is 2.22 bits per heavy atom. The third kappa shape index (κ3) is 2.30. The number of ether oxygens (including phenoxy) is 3. The van der Waals surface area contributed by atoms with E-state index in [9.17, 15) is 0 Å². The number of methoxy groups -OCH3 is 1. The summed E-state index contributed by atoms with van der Waals surface area (Å²) in [6.07, 6.45) is 0.795. The minimum atomic E-state index is -0.0486. The first-order valence-electron chi connectivity index (χ1n) is 3.15. The fourth-order valence-electron chi connectivity index (χ4n) is 0.789. The van der Waals surface area contributed by atoms with Crippen LogP contribution in [0, 0.1) is 0 Å². The highest BCUT2D eigenvalue weighted by molar-refractivity contribution is 4.47. The molecule has 0 aromatic carbocycles. The Kier molecular flexibility index (Phi) is 2.97. The van der Waals surface area contributed by atoms with Gasteiger partial charge in [-0.25, -0.2) is 0 Å². The summed E-state index contributed by atoms with van der Waals surface area (Å²) < 4.78 is 15.3. The zero-order chi connectivity index (χ0) is 6.53. The van der Waals surface area contributed by atoms with E-state index in [2.05, 4.69) is 0 Å². The Balaban J connectivity index is 2.18. The van der Waals surface area contributed by atoms with Gasteiger partial charge in [0.2, 0.25) is 0 Å². The quantitative estimate of drug-likeness (QED) is 0.516. The van der Waals surface area contributed by atoms with Crippen LogP contribution in [0.4, 0.5) is 0 Å². The van der Waals surface area contributed by atoms with Gasteiger partial charge in [-0.3, -0.25) is 0 Å². The van der Waals surface area contributed by atoms with Crippen molar-refractivity contribution in [1.29, 1.82) is 0 Å². The Bertz CT molecular complexity index is 66.7. The lowest BCUT2D eigenvalue weighted by molar-refractivity contribution is -0.117. The first-order chi connectivity index (χ1) is 4.43. The van der Waals surface area contributed by atoms with Crippen LogP contribution in [0.1, 0.15) is 6.42 Å². The van der Waals surface area contributed by atoms with E-state index in [1.807, 2.05) is 0 Å². The predicted octanol–water partition coefficient (Wildman–Crippen LogP) is 0.396. The van der Waals surface area contributed by atoms with Crippen LogP contribution in [0.3, 0.4) is 0 Å². The zero-order valence-corrected chi connectivity index (χ0v) is 5.63. The van der Waals surface area contributed by atoms with Crippen molar-refractivity contribution in [2.45, 2.75) is 12.7 Å². The molecule has 1 unspecified atom stereocenters. The molecule has 1 atom stereocenters. The highest BCUT2D eigenvalue weighted by atomic mass is 16.7. The number of rotatable bonds is 1. The minimum Gasteiger partial charge on any atom is -0.379 e. The van der Waals surface area contributed by atoms with Crippen LogP contribution in [0.5, 0.6) is 0 Å². The van der Waals surface area contributed by atoms with E-state index in [4.69, 9.17) is 14.2 Å². The van der Waals surface area contributed by atoms with Gasteiger partial charge in [0.25, 0.3) is 0 Å². The minimum absolute atomic E-state index is 0.0486. The zero-order valence-electron chi connectivity index (χ0n) is 5.63. The predicted molar refractivity (Wildman–Crippen MR) is 32.2 cm³/mol. The van der Waals surface area contributed by atoms with Crippen molar-refractivity contribution in [1.82, 2.24) is 0 Å². The maximum atomic E-state index is 5.20. The molecule has 1 heterocycles. The van der Waals surface area contributed by atoms with Gasteiger partial charge in [-0.1, -0.05) is 0 Å². The fraction of sp³-hybridized carbons (Fsp3) is 1.00. The summed E-state index contributed by atoms with van der Waals surface area (Å²) in [7, 11) is 1.65. The van der Waals surface area contributed by atoms with E-state index >= 15 is 0 Å². The molecule has 0 radical (unpaired) electrons. The average molecular weight is 132 g/mol. The molecule has 0 spiro atoms. The van der Waals surface area contributed by atoms with Crippen LogP contribution in [0.25, 0.3) is 0 Å². The molecule has 1 aliphatic rings. The third-order valence-corrected chi connectivity index (χ3v) is 1.29. The van der Waals surface area contributed by atoms with Gasteiger partial charge in [-0.05, 0) is 0 Å². The lowest BCUT2D eigenvalue weighted by Crippen LogP contribution is -2.14. The molecule has 9 heavy (non-hydrogen) atoms. The Labute approximate surface area is 54.9 Å². The van der Waals surface area contributed by atoms with Gasteiger partial charge < -0.3 is 14.2 Å². The molecule has 0 aromatic heterocycles. The van der Waals surface area contributed by atoms with Crippen LogP contribution < -0.4 is 0 Å². The summed E-state index contributed by atoms with van der Waals surface area (Å²) in [5, 5.41) is 0. The van der Waals surface area contributed by atoms with Crippen LogP contribution in [-0.2, 0) is 14.2 Å². The Hall–Kier alpha value is -0.120. The van der Waals surface area contributed by atoms with Gasteiger partial charge in [-0.2, -0.15) is 0 Å². The average Bonchev–Trinajstić information content (AvgIpc) is 2.13. The van der Waals surface area contributed by atoms with Crippen molar-refractivity contribution in [3.05, 3.63) is 0 Å². The van der Waals surface area contributed by atoms with Crippen molar-refractivity contribution in [3.63, 3.8) is 0 Å². The first kappa shape index (κ1) is 6.99. The molecule has 3 nitrogen and oxygen atoms in total. The Morgan fingerprint density at radius 1 is 1.33 bits per heavy atom. The van der Waals surface area contributed by atoms with E-state index in [0.717, 1.165) is 13.0 Å². The molecule has 54 valence electrons. The second kappa shape index (κ2) is 3.82. The van der Waals surface area contributed by atoms with Gasteiger partial charge >= 0.3 is 0 Å². The summed E-state index contributed by atoms with van der Waals surface area (Å²) >= 11 is 0. The molecule has 0 aromatic rings. The smallest absolute Gasteiger partial charge is 0.159 e. The summed E-state index contributed by atoms with van der Waals surface area (Å²) in [6, 6.07) is 0. The van der Waals surface area contributed by atoms with Crippen molar-refractivity contribution in [2.24, 2.45) is 0 Å². The lowest BCUT2D eigenvalue weighted by atomic mass is 10.4. The fourth-order valence-corrected chi connectivity index (χ4v) is 0.789. The molecule has 0 saturated carbocycles. The maximum absolute atomic E-state index is 5.20. The van der Waals surface area contributed by atoms with Crippen LogP contribution in [-0.4, -0.2) is 33.2 Å². The van der Waals surface area contributed by atoms with Gasteiger partial charge in [0.1, 0.15) is 0 Å². The van der Waals surface area contributed by atoms with Crippen LogP contribution in [0.2, 0.25) is 0 Å². The van der Waals surface area contributed by atoms with Gasteiger partial charge in [0, 0.05) is 13.5 Å². The van der Waals surface area contributed by atoms with E-state index in [-0.39, 0.29) is 6.29 Å². The van der Waals surface area contributed by atoms with Crippen molar-refractivity contribution >= 4 is 0 Å². The Morgan fingerprint density at radius 3 is 3.00 bits per heavy atom. The normalized spacial score (nSPS) is 29.7. The third-order valence-electron chi connectivity index (χ3n) is 1.29. The largest absolute Gasteiger partial charge is 0.379 e. The highest BCUT2D eigenvalue weighted by Crippen LogP contribution is 2.03. The lowest BCUT2D eigenvalue weighted by Gasteiger charge is -2.10. The van der Waals surface area contributed by atoms with Gasteiger partial charge in [0.05, 0.1) is 19.8 Å². The monoisotopic (exact) mass is 132 g/mol. The molecule has 0 N–H and O–H groups in total. The summed E-state index contributed by atoms with van der Waals surface area (Å²) in [5.74, 6) is 0. The van der Waals surface area contributed by atoms with Crippen molar-refractivity contribution in [2.75, 3.05) is 26.9 Å². The SMILES string of the molecule is COC1CCOCCO1. The van der Waals surface area contributed by atoms with Gasteiger partial charge in [-0.15, -0.1) is 0 Å². The van der Waals surface area contributed by atoms with Crippen LogP contribution in [0.15, 0.2) is 0 Å². The topological polar surface area (TPSA) is 27.7 Å². The maximum Gasteiger partial charge on any atom is 0.159 e. The molecule has 1 saturated heterocycles. The van der Waals surface area contributed by atoms with E-state index < -0.39 is 0 Å². The number of hydrogen-bond donors (Lipinski definition) is 0.